The fraction of sp³-hybridized carbons (Fsp3) is 0.217. The summed E-state index contributed by atoms with van der Waals surface area (Å²) in [6.07, 6.45) is 4.68. The minimum atomic E-state index is -3.69. The molecule has 0 aliphatic carbocycles. The van der Waals surface area contributed by atoms with Gasteiger partial charge < -0.3 is 9.84 Å². The summed E-state index contributed by atoms with van der Waals surface area (Å²) in [5, 5.41) is 6.65. The first kappa shape index (κ1) is 22.3. The number of carbonyl (C=O) groups is 1. The number of amides is 1. The third-order valence-corrected chi connectivity index (χ3v) is 6.10. The van der Waals surface area contributed by atoms with E-state index >= 15 is 0 Å². The van der Waals surface area contributed by atoms with Crippen LogP contribution in [0.3, 0.4) is 0 Å². The summed E-state index contributed by atoms with van der Waals surface area (Å²) in [6.45, 7) is 5.55. The molecular weight excluding hydrogens is 414 g/mol. The second kappa shape index (κ2) is 9.61. The van der Waals surface area contributed by atoms with Crippen LogP contribution in [0.5, 0.6) is 0 Å². The zero-order valence-corrected chi connectivity index (χ0v) is 18.5. The Morgan fingerprint density at radius 1 is 1.03 bits per heavy atom. The van der Waals surface area contributed by atoms with Crippen molar-refractivity contribution < 1.29 is 17.7 Å². The molecule has 0 saturated heterocycles. The molecule has 0 aliphatic heterocycles. The van der Waals surface area contributed by atoms with Gasteiger partial charge in [-0.25, -0.2) is 8.42 Å². The number of anilines is 2. The van der Waals surface area contributed by atoms with E-state index in [4.69, 9.17) is 4.52 Å². The first-order valence-electron chi connectivity index (χ1n) is 9.98. The van der Waals surface area contributed by atoms with Crippen LogP contribution in [0.25, 0.3) is 12.2 Å². The van der Waals surface area contributed by atoms with Crippen molar-refractivity contribution in [3.63, 3.8) is 0 Å². The van der Waals surface area contributed by atoms with Crippen molar-refractivity contribution in [2.24, 2.45) is 0 Å². The van der Waals surface area contributed by atoms with Crippen molar-refractivity contribution in [3.8, 4) is 0 Å². The summed E-state index contributed by atoms with van der Waals surface area (Å²) in [6, 6.07) is 13.8. The monoisotopic (exact) mass is 439 g/mol. The highest BCUT2D eigenvalue weighted by atomic mass is 32.2. The number of aromatic nitrogens is 1. The van der Waals surface area contributed by atoms with E-state index in [0.29, 0.717) is 29.2 Å². The van der Waals surface area contributed by atoms with E-state index in [1.165, 1.54) is 12.1 Å². The molecule has 0 bridgehead atoms. The van der Waals surface area contributed by atoms with Gasteiger partial charge in [0.15, 0.2) is 5.76 Å². The number of nitrogens with zero attached hydrogens (tertiary/aromatic N) is 1. The Hall–Kier alpha value is -3.39. The molecule has 0 aliphatic rings. The molecular formula is C23H25N3O4S. The normalized spacial score (nSPS) is 11.6. The molecule has 0 fully saturated rings. The van der Waals surface area contributed by atoms with Gasteiger partial charge in [0, 0.05) is 12.1 Å². The molecule has 3 rings (SSSR count). The summed E-state index contributed by atoms with van der Waals surface area (Å²) in [5.74, 6) is 0.292. The molecule has 8 heteroatoms. The third-order valence-electron chi connectivity index (χ3n) is 4.71. The largest absolute Gasteiger partial charge is 0.354 e. The van der Waals surface area contributed by atoms with E-state index in [1.807, 2.05) is 19.1 Å². The van der Waals surface area contributed by atoms with Gasteiger partial charge in [-0.2, -0.15) is 0 Å². The lowest BCUT2D eigenvalue weighted by Gasteiger charge is -2.09. The number of carbonyl (C=O) groups excluding carboxylic acids is 1. The van der Waals surface area contributed by atoms with Crippen LogP contribution in [0.15, 0.2) is 57.9 Å². The molecule has 1 aromatic heterocycles. The Kier molecular flexibility index (Phi) is 6.91. The SMILES string of the molecule is CCC(=O)Nc1c(C)noc1C=Cc1ccc(S(=O)(=O)Nc2ccc(CC)cc2)cc1. The molecule has 162 valence electrons. The summed E-state index contributed by atoms with van der Waals surface area (Å²) in [4.78, 5) is 11.8. The van der Waals surface area contributed by atoms with Crippen LogP contribution in [-0.2, 0) is 21.2 Å². The van der Waals surface area contributed by atoms with Gasteiger partial charge in [-0.15, -0.1) is 0 Å². The Morgan fingerprint density at radius 2 is 1.71 bits per heavy atom. The number of sulfonamides is 1. The van der Waals surface area contributed by atoms with E-state index in [9.17, 15) is 13.2 Å². The summed E-state index contributed by atoms with van der Waals surface area (Å²) >= 11 is 0. The lowest BCUT2D eigenvalue weighted by atomic mass is 10.2. The van der Waals surface area contributed by atoms with Gasteiger partial charge in [-0.05, 0) is 54.8 Å². The van der Waals surface area contributed by atoms with Crippen LogP contribution in [-0.4, -0.2) is 19.5 Å². The molecule has 31 heavy (non-hydrogen) atoms. The fourth-order valence-corrected chi connectivity index (χ4v) is 3.89. The molecule has 0 spiro atoms. The van der Waals surface area contributed by atoms with Crippen molar-refractivity contribution in [1.82, 2.24) is 5.16 Å². The van der Waals surface area contributed by atoms with E-state index in [2.05, 4.69) is 15.2 Å². The smallest absolute Gasteiger partial charge is 0.261 e. The zero-order chi connectivity index (χ0) is 22.4. The minimum absolute atomic E-state index is 0.132. The molecule has 2 N–H and O–H groups in total. The molecule has 0 saturated carbocycles. The Bertz CT molecular complexity index is 1180. The lowest BCUT2D eigenvalue weighted by molar-refractivity contribution is -0.115. The number of hydrogen-bond acceptors (Lipinski definition) is 5. The summed E-state index contributed by atoms with van der Waals surface area (Å²) < 4.78 is 33.1. The average Bonchev–Trinajstić information content (AvgIpc) is 3.12. The molecule has 2 aromatic carbocycles. The highest BCUT2D eigenvalue weighted by Gasteiger charge is 2.15. The van der Waals surface area contributed by atoms with Crippen LogP contribution >= 0.6 is 0 Å². The minimum Gasteiger partial charge on any atom is -0.354 e. The second-order valence-electron chi connectivity index (χ2n) is 6.97. The van der Waals surface area contributed by atoms with Gasteiger partial charge in [-0.1, -0.05) is 49.3 Å². The average molecular weight is 440 g/mol. The third kappa shape index (κ3) is 5.61. The number of benzene rings is 2. The van der Waals surface area contributed by atoms with E-state index in [-0.39, 0.29) is 10.8 Å². The van der Waals surface area contributed by atoms with Crippen LogP contribution in [0, 0.1) is 6.92 Å². The highest BCUT2D eigenvalue weighted by molar-refractivity contribution is 7.92. The molecule has 7 nitrogen and oxygen atoms in total. The topological polar surface area (TPSA) is 101 Å². The maximum atomic E-state index is 12.6. The molecule has 1 amide bonds. The quantitative estimate of drug-likeness (QED) is 0.522. The second-order valence-corrected chi connectivity index (χ2v) is 8.65. The predicted molar refractivity (Wildman–Crippen MR) is 122 cm³/mol. The first-order chi connectivity index (χ1) is 14.8. The summed E-state index contributed by atoms with van der Waals surface area (Å²) in [5.41, 5.74) is 3.54. The number of nitrogens with one attached hydrogen (secondary N) is 2. The number of hydrogen-bond donors (Lipinski definition) is 2. The number of aryl methyl sites for hydroxylation is 2. The predicted octanol–water partition coefficient (Wildman–Crippen LogP) is 4.87. The van der Waals surface area contributed by atoms with E-state index in [0.717, 1.165) is 17.5 Å². The maximum Gasteiger partial charge on any atom is 0.261 e. The van der Waals surface area contributed by atoms with Crippen molar-refractivity contribution in [2.75, 3.05) is 10.0 Å². The van der Waals surface area contributed by atoms with Gasteiger partial charge in [0.05, 0.1) is 4.90 Å². The molecule has 3 aromatic rings. The lowest BCUT2D eigenvalue weighted by Crippen LogP contribution is -2.12. The van der Waals surface area contributed by atoms with Gasteiger partial charge >= 0.3 is 0 Å². The van der Waals surface area contributed by atoms with Crippen LogP contribution in [0.1, 0.15) is 42.8 Å². The molecule has 0 radical (unpaired) electrons. The fourth-order valence-electron chi connectivity index (χ4n) is 2.83. The standard InChI is InChI=1S/C23H25N3O4S/c1-4-17-6-11-19(12-7-17)26-31(28,29)20-13-8-18(9-14-20)10-15-21-23(16(3)25-30-21)24-22(27)5-2/h6-15,26H,4-5H2,1-3H3,(H,24,27). The Morgan fingerprint density at radius 3 is 2.32 bits per heavy atom. The van der Waals surface area contributed by atoms with Gasteiger partial charge in [0.2, 0.25) is 5.91 Å². The Balaban J connectivity index is 1.73. The number of rotatable bonds is 8. The van der Waals surface area contributed by atoms with E-state index < -0.39 is 10.0 Å². The maximum absolute atomic E-state index is 12.6. The molecule has 1 heterocycles. The molecule has 0 atom stereocenters. The van der Waals surface area contributed by atoms with Gasteiger partial charge in [0.25, 0.3) is 10.0 Å². The van der Waals surface area contributed by atoms with Crippen molar-refractivity contribution in [3.05, 3.63) is 71.1 Å². The highest BCUT2D eigenvalue weighted by Crippen LogP contribution is 2.23. The van der Waals surface area contributed by atoms with Crippen molar-refractivity contribution in [2.45, 2.75) is 38.5 Å². The van der Waals surface area contributed by atoms with Gasteiger partial charge in [0.1, 0.15) is 11.4 Å². The Labute approximate surface area is 182 Å². The van der Waals surface area contributed by atoms with Crippen molar-refractivity contribution in [1.29, 1.82) is 0 Å². The van der Waals surface area contributed by atoms with E-state index in [1.54, 1.807) is 50.3 Å². The van der Waals surface area contributed by atoms with Crippen LogP contribution < -0.4 is 10.0 Å². The molecule has 0 unspecified atom stereocenters. The van der Waals surface area contributed by atoms with Crippen LogP contribution in [0.4, 0.5) is 11.4 Å². The van der Waals surface area contributed by atoms with Crippen LogP contribution in [0.2, 0.25) is 0 Å². The summed E-state index contributed by atoms with van der Waals surface area (Å²) in [7, 11) is -3.69. The van der Waals surface area contributed by atoms with Gasteiger partial charge in [-0.3, -0.25) is 9.52 Å². The van der Waals surface area contributed by atoms with Crippen molar-refractivity contribution >= 4 is 39.5 Å². The first-order valence-corrected chi connectivity index (χ1v) is 11.5. The zero-order valence-electron chi connectivity index (χ0n) is 17.7.